The number of rotatable bonds is 11. The Labute approximate surface area is 153 Å². The number of hydrogen-bond acceptors (Lipinski definition) is 5. The van der Waals surface area contributed by atoms with Gasteiger partial charge in [0.1, 0.15) is 18.1 Å². The molecule has 0 aliphatic carbocycles. The van der Waals surface area contributed by atoms with Crippen LogP contribution in [0.5, 0.6) is 0 Å². The van der Waals surface area contributed by atoms with E-state index >= 15 is 0 Å². The van der Waals surface area contributed by atoms with Crippen LogP contribution in [0.15, 0.2) is 25.3 Å². The summed E-state index contributed by atoms with van der Waals surface area (Å²) >= 11 is 0. The van der Waals surface area contributed by atoms with E-state index in [1.54, 1.807) is 12.2 Å². The molecule has 0 aromatic heterocycles. The summed E-state index contributed by atoms with van der Waals surface area (Å²) in [6.45, 7) is 11.1. The zero-order chi connectivity index (χ0) is 20.3. The van der Waals surface area contributed by atoms with E-state index in [1.165, 1.54) is 20.8 Å². The molecular formula is C17H28N4O5. The molecule has 4 amide bonds. The van der Waals surface area contributed by atoms with E-state index in [4.69, 9.17) is 5.11 Å². The van der Waals surface area contributed by atoms with Crippen LogP contribution < -0.4 is 21.3 Å². The van der Waals surface area contributed by atoms with Crippen molar-refractivity contribution in [1.29, 1.82) is 0 Å². The monoisotopic (exact) mass is 368 g/mol. The van der Waals surface area contributed by atoms with Crippen molar-refractivity contribution in [1.82, 2.24) is 21.3 Å². The van der Waals surface area contributed by atoms with Gasteiger partial charge in [-0.1, -0.05) is 12.2 Å². The zero-order valence-corrected chi connectivity index (χ0v) is 15.4. The zero-order valence-electron chi connectivity index (χ0n) is 15.4. The molecule has 0 bridgehead atoms. The van der Waals surface area contributed by atoms with Crippen LogP contribution in [0.1, 0.15) is 20.8 Å². The van der Waals surface area contributed by atoms with Gasteiger partial charge in [-0.05, 0) is 13.8 Å². The molecule has 0 aromatic carbocycles. The Morgan fingerprint density at radius 1 is 0.923 bits per heavy atom. The summed E-state index contributed by atoms with van der Waals surface area (Å²) in [4.78, 5) is 47.0. The largest absolute Gasteiger partial charge is 0.394 e. The van der Waals surface area contributed by atoms with Crippen LogP contribution in [-0.2, 0) is 19.2 Å². The highest BCUT2D eigenvalue weighted by Gasteiger charge is 2.24. The molecule has 0 radical (unpaired) electrons. The quantitative estimate of drug-likeness (QED) is 0.286. The van der Waals surface area contributed by atoms with Gasteiger partial charge in [0.2, 0.25) is 23.6 Å². The van der Waals surface area contributed by atoms with Gasteiger partial charge in [0.25, 0.3) is 0 Å². The minimum Gasteiger partial charge on any atom is -0.394 e. The van der Waals surface area contributed by atoms with Gasteiger partial charge < -0.3 is 26.4 Å². The Balaban J connectivity index is 4.53. The maximum Gasteiger partial charge on any atom is 0.245 e. The highest BCUT2D eigenvalue weighted by atomic mass is 16.3. The Hall–Kier alpha value is -2.68. The number of amides is 4. The number of aliphatic hydroxyl groups is 1. The summed E-state index contributed by atoms with van der Waals surface area (Å²) in [5.74, 6) is -2.24. The van der Waals surface area contributed by atoms with Gasteiger partial charge in [0.15, 0.2) is 0 Å². The van der Waals surface area contributed by atoms with Gasteiger partial charge in [0, 0.05) is 19.4 Å². The molecule has 0 heterocycles. The van der Waals surface area contributed by atoms with Crippen molar-refractivity contribution in [3.05, 3.63) is 25.3 Å². The van der Waals surface area contributed by atoms with E-state index in [9.17, 15) is 19.2 Å². The van der Waals surface area contributed by atoms with E-state index in [-0.39, 0.29) is 5.92 Å². The molecule has 0 aliphatic rings. The summed E-state index contributed by atoms with van der Waals surface area (Å²) in [5.41, 5.74) is 0. The third kappa shape index (κ3) is 8.43. The van der Waals surface area contributed by atoms with Crippen molar-refractivity contribution < 1.29 is 24.3 Å². The van der Waals surface area contributed by atoms with Crippen LogP contribution in [0.2, 0.25) is 0 Å². The Morgan fingerprint density at radius 2 is 1.42 bits per heavy atom. The highest BCUT2D eigenvalue weighted by Crippen LogP contribution is 1.97. The molecule has 146 valence electrons. The third-order valence-corrected chi connectivity index (χ3v) is 3.50. The SMILES string of the molecule is C=CC(C=C)CNC(=O)C(C)NC(=O)C(C)NC(=O)C(CO)NC(C)=O. The van der Waals surface area contributed by atoms with Gasteiger partial charge in [-0.15, -0.1) is 13.2 Å². The second-order valence-corrected chi connectivity index (χ2v) is 5.78. The third-order valence-electron chi connectivity index (χ3n) is 3.50. The van der Waals surface area contributed by atoms with Crippen LogP contribution in [0.4, 0.5) is 0 Å². The van der Waals surface area contributed by atoms with Crippen molar-refractivity contribution in [2.24, 2.45) is 5.92 Å². The first-order chi connectivity index (χ1) is 12.2. The van der Waals surface area contributed by atoms with Crippen LogP contribution in [-0.4, -0.2) is 60.0 Å². The smallest absolute Gasteiger partial charge is 0.245 e. The molecule has 0 aromatic rings. The summed E-state index contributed by atoms with van der Waals surface area (Å²) in [6, 6.07) is -2.94. The first-order valence-corrected chi connectivity index (χ1v) is 8.17. The average Bonchev–Trinajstić information content (AvgIpc) is 2.59. The van der Waals surface area contributed by atoms with Crippen LogP contribution >= 0.6 is 0 Å². The second-order valence-electron chi connectivity index (χ2n) is 5.78. The van der Waals surface area contributed by atoms with Gasteiger partial charge in [-0.2, -0.15) is 0 Å². The van der Waals surface area contributed by atoms with Crippen molar-refractivity contribution in [2.45, 2.75) is 38.9 Å². The number of hydrogen-bond donors (Lipinski definition) is 5. The van der Waals surface area contributed by atoms with Crippen molar-refractivity contribution in [3.63, 3.8) is 0 Å². The van der Waals surface area contributed by atoms with Gasteiger partial charge in [-0.3, -0.25) is 19.2 Å². The molecule has 0 fully saturated rings. The van der Waals surface area contributed by atoms with Crippen molar-refractivity contribution >= 4 is 23.6 Å². The minimum absolute atomic E-state index is 0.0794. The standard InChI is InChI=1S/C17H28N4O5/c1-6-13(7-2)8-18-15(24)10(3)19-16(25)11(4)20-17(26)14(9-22)21-12(5)23/h6-7,10-11,13-14,22H,1-2,8-9H2,3-5H3,(H,18,24)(H,19,25)(H,20,26)(H,21,23). The fraction of sp³-hybridized carbons (Fsp3) is 0.529. The lowest BCUT2D eigenvalue weighted by Gasteiger charge is -2.21. The average molecular weight is 368 g/mol. The van der Waals surface area contributed by atoms with E-state index in [0.29, 0.717) is 6.54 Å². The maximum absolute atomic E-state index is 12.1. The highest BCUT2D eigenvalue weighted by molar-refractivity contribution is 5.93. The number of nitrogens with one attached hydrogen (secondary N) is 4. The lowest BCUT2D eigenvalue weighted by Crippen LogP contribution is -2.56. The molecule has 5 N–H and O–H groups in total. The summed E-state index contributed by atoms with van der Waals surface area (Å²) < 4.78 is 0. The van der Waals surface area contributed by atoms with Gasteiger partial charge in [0.05, 0.1) is 6.61 Å². The molecule has 26 heavy (non-hydrogen) atoms. The number of carbonyl (C=O) groups is 4. The number of aliphatic hydroxyl groups excluding tert-OH is 1. The summed E-state index contributed by atoms with van der Waals surface area (Å²) in [7, 11) is 0. The summed E-state index contributed by atoms with van der Waals surface area (Å²) in [5, 5.41) is 18.9. The predicted molar refractivity (Wildman–Crippen MR) is 96.8 cm³/mol. The van der Waals surface area contributed by atoms with Crippen LogP contribution in [0, 0.1) is 5.92 Å². The molecule has 3 atom stereocenters. The van der Waals surface area contributed by atoms with Crippen molar-refractivity contribution in [3.8, 4) is 0 Å². The number of carbonyl (C=O) groups excluding carboxylic acids is 4. The van der Waals surface area contributed by atoms with E-state index in [1.807, 2.05) is 0 Å². The fourth-order valence-corrected chi connectivity index (χ4v) is 1.86. The predicted octanol–water partition coefficient (Wildman–Crippen LogP) is -1.40. The molecule has 0 saturated carbocycles. The van der Waals surface area contributed by atoms with E-state index in [0.717, 1.165) is 0 Å². The topological polar surface area (TPSA) is 137 Å². The normalized spacial score (nSPS) is 13.7. The Bertz CT molecular complexity index is 541. The van der Waals surface area contributed by atoms with Crippen molar-refractivity contribution in [2.75, 3.05) is 13.2 Å². The fourth-order valence-electron chi connectivity index (χ4n) is 1.86. The Kier molecular flexibility index (Phi) is 10.6. The van der Waals surface area contributed by atoms with Gasteiger partial charge in [-0.25, -0.2) is 0 Å². The molecule has 9 nitrogen and oxygen atoms in total. The Morgan fingerprint density at radius 3 is 1.88 bits per heavy atom. The molecular weight excluding hydrogens is 340 g/mol. The first kappa shape index (κ1) is 23.3. The van der Waals surface area contributed by atoms with Crippen LogP contribution in [0.25, 0.3) is 0 Å². The summed E-state index contributed by atoms with van der Waals surface area (Å²) in [6.07, 6.45) is 3.28. The van der Waals surface area contributed by atoms with Crippen LogP contribution in [0.3, 0.4) is 0 Å². The minimum atomic E-state index is -1.15. The first-order valence-electron chi connectivity index (χ1n) is 8.17. The molecule has 0 rings (SSSR count). The van der Waals surface area contributed by atoms with E-state index in [2.05, 4.69) is 34.4 Å². The molecule has 9 heteroatoms. The lowest BCUT2D eigenvalue weighted by molar-refractivity contribution is -0.133. The molecule has 0 aliphatic heterocycles. The molecule has 0 spiro atoms. The van der Waals surface area contributed by atoms with E-state index < -0.39 is 48.4 Å². The molecule has 3 unspecified atom stereocenters. The molecule has 0 saturated heterocycles. The van der Waals surface area contributed by atoms with Gasteiger partial charge >= 0.3 is 0 Å². The second kappa shape index (κ2) is 11.8. The lowest BCUT2D eigenvalue weighted by atomic mass is 10.1. The maximum atomic E-state index is 12.1.